The standard InChI is InChI=1S/C14H22N2O/c1-2-8-16(13-11-15-12-13)9-10-17-14-6-4-3-5-7-14/h3-7,13,15H,2,8-12H2,1H3. The van der Waals surface area contributed by atoms with Crippen molar-refractivity contribution in [1.29, 1.82) is 0 Å². The maximum absolute atomic E-state index is 5.74. The molecule has 3 heteroatoms. The predicted molar refractivity (Wildman–Crippen MR) is 70.5 cm³/mol. The Bertz CT molecular complexity index is 311. The molecule has 0 bridgehead atoms. The second-order valence-electron chi connectivity index (χ2n) is 4.51. The molecule has 94 valence electrons. The van der Waals surface area contributed by atoms with E-state index < -0.39 is 0 Å². The van der Waals surface area contributed by atoms with Crippen LogP contribution in [0.15, 0.2) is 30.3 Å². The molecule has 0 atom stereocenters. The summed E-state index contributed by atoms with van der Waals surface area (Å²) in [7, 11) is 0. The molecule has 0 spiro atoms. The van der Waals surface area contributed by atoms with Crippen LogP contribution in [0.2, 0.25) is 0 Å². The number of nitrogens with one attached hydrogen (secondary N) is 1. The van der Waals surface area contributed by atoms with E-state index in [9.17, 15) is 0 Å². The van der Waals surface area contributed by atoms with E-state index in [-0.39, 0.29) is 0 Å². The largest absolute Gasteiger partial charge is 0.492 e. The molecular formula is C14H22N2O. The van der Waals surface area contributed by atoms with Crippen LogP contribution in [0.25, 0.3) is 0 Å². The summed E-state index contributed by atoms with van der Waals surface area (Å²) in [6.07, 6.45) is 1.21. The van der Waals surface area contributed by atoms with Crippen molar-refractivity contribution < 1.29 is 4.74 Å². The predicted octanol–water partition coefficient (Wildman–Crippen LogP) is 1.75. The second-order valence-corrected chi connectivity index (χ2v) is 4.51. The van der Waals surface area contributed by atoms with Crippen molar-refractivity contribution in [2.24, 2.45) is 0 Å². The lowest BCUT2D eigenvalue weighted by molar-refractivity contribution is 0.122. The monoisotopic (exact) mass is 234 g/mol. The third-order valence-electron chi connectivity index (χ3n) is 3.18. The van der Waals surface area contributed by atoms with E-state index in [1.807, 2.05) is 30.3 Å². The minimum atomic E-state index is 0.717. The van der Waals surface area contributed by atoms with Crippen LogP contribution in [-0.2, 0) is 0 Å². The molecule has 1 heterocycles. The smallest absolute Gasteiger partial charge is 0.119 e. The number of ether oxygens (including phenoxy) is 1. The normalized spacial score (nSPS) is 15.9. The summed E-state index contributed by atoms with van der Waals surface area (Å²) in [6.45, 7) is 7.47. The van der Waals surface area contributed by atoms with Gasteiger partial charge in [0.25, 0.3) is 0 Å². The van der Waals surface area contributed by atoms with E-state index in [1.165, 1.54) is 13.0 Å². The van der Waals surface area contributed by atoms with Crippen LogP contribution >= 0.6 is 0 Å². The van der Waals surface area contributed by atoms with Gasteiger partial charge in [0.05, 0.1) is 0 Å². The molecule has 0 radical (unpaired) electrons. The molecule has 1 aliphatic rings. The molecule has 1 aromatic carbocycles. The lowest BCUT2D eigenvalue weighted by Crippen LogP contribution is -2.58. The van der Waals surface area contributed by atoms with Gasteiger partial charge in [-0.2, -0.15) is 0 Å². The summed E-state index contributed by atoms with van der Waals surface area (Å²) in [5.41, 5.74) is 0. The van der Waals surface area contributed by atoms with Crippen molar-refractivity contribution in [3.8, 4) is 5.75 Å². The average molecular weight is 234 g/mol. The van der Waals surface area contributed by atoms with Gasteiger partial charge < -0.3 is 10.1 Å². The Morgan fingerprint density at radius 2 is 2.00 bits per heavy atom. The molecule has 0 amide bonds. The fraction of sp³-hybridized carbons (Fsp3) is 0.571. The van der Waals surface area contributed by atoms with Gasteiger partial charge in [-0.15, -0.1) is 0 Å². The number of hydrogen-bond donors (Lipinski definition) is 1. The molecule has 0 aliphatic carbocycles. The Hall–Kier alpha value is -1.06. The van der Waals surface area contributed by atoms with Crippen LogP contribution in [0, 0.1) is 0 Å². The third-order valence-corrected chi connectivity index (χ3v) is 3.18. The van der Waals surface area contributed by atoms with Crippen LogP contribution < -0.4 is 10.1 Å². The highest BCUT2D eigenvalue weighted by Crippen LogP contribution is 2.09. The summed E-state index contributed by atoms with van der Waals surface area (Å²) >= 11 is 0. The maximum atomic E-state index is 5.74. The number of hydrogen-bond acceptors (Lipinski definition) is 3. The van der Waals surface area contributed by atoms with E-state index in [0.717, 1.165) is 32.0 Å². The van der Waals surface area contributed by atoms with Crippen LogP contribution in [0.4, 0.5) is 0 Å². The highest BCUT2D eigenvalue weighted by molar-refractivity contribution is 5.20. The molecule has 0 saturated carbocycles. The van der Waals surface area contributed by atoms with E-state index in [0.29, 0.717) is 6.04 Å². The zero-order valence-electron chi connectivity index (χ0n) is 10.6. The van der Waals surface area contributed by atoms with Crippen molar-refractivity contribution in [3.63, 3.8) is 0 Å². The van der Waals surface area contributed by atoms with Crippen molar-refractivity contribution >= 4 is 0 Å². The Morgan fingerprint density at radius 3 is 2.59 bits per heavy atom. The van der Waals surface area contributed by atoms with E-state index >= 15 is 0 Å². The summed E-state index contributed by atoms with van der Waals surface area (Å²) < 4.78 is 5.74. The van der Waals surface area contributed by atoms with Crippen LogP contribution in [0.5, 0.6) is 5.75 Å². The Kier molecular flexibility index (Phi) is 4.83. The van der Waals surface area contributed by atoms with E-state index in [2.05, 4.69) is 17.1 Å². The molecule has 1 aliphatic heterocycles. The van der Waals surface area contributed by atoms with Gasteiger partial charge in [-0.25, -0.2) is 0 Å². The topological polar surface area (TPSA) is 24.5 Å². The Morgan fingerprint density at radius 1 is 1.24 bits per heavy atom. The third kappa shape index (κ3) is 3.72. The highest BCUT2D eigenvalue weighted by Gasteiger charge is 2.23. The van der Waals surface area contributed by atoms with Crippen LogP contribution in [-0.4, -0.2) is 43.7 Å². The van der Waals surface area contributed by atoms with Gasteiger partial charge in [-0.3, -0.25) is 4.90 Å². The molecule has 3 nitrogen and oxygen atoms in total. The molecular weight excluding hydrogens is 212 g/mol. The first-order chi connectivity index (χ1) is 8.40. The maximum Gasteiger partial charge on any atom is 0.119 e. The number of para-hydroxylation sites is 1. The fourth-order valence-electron chi connectivity index (χ4n) is 2.09. The molecule has 0 aromatic heterocycles. The van der Waals surface area contributed by atoms with Gasteiger partial charge in [-0.1, -0.05) is 25.1 Å². The molecule has 1 fully saturated rings. The lowest BCUT2D eigenvalue weighted by Gasteiger charge is -2.38. The van der Waals surface area contributed by atoms with Gasteiger partial charge in [0.15, 0.2) is 0 Å². The summed E-state index contributed by atoms with van der Waals surface area (Å²) in [6, 6.07) is 10.8. The molecule has 2 rings (SSSR count). The average Bonchev–Trinajstić information content (AvgIpc) is 2.28. The minimum Gasteiger partial charge on any atom is -0.492 e. The minimum absolute atomic E-state index is 0.717. The molecule has 1 N–H and O–H groups in total. The van der Waals surface area contributed by atoms with Gasteiger partial charge in [0.1, 0.15) is 12.4 Å². The number of nitrogens with zero attached hydrogens (tertiary/aromatic N) is 1. The zero-order chi connectivity index (χ0) is 11.9. The Labute approximate surface area is 104 Å². The molecule has 0 unspecified atom stereocenters. The molecule has 17 heavy (non-hydrogen) atoms. The van der Waals surface area contributed by atoms with Crippen molar-refractivity contribution in [3.05, 3.63) is 30.3 Å². The van der Waals surface area contributed by atoms with Gasteiger partial charge in [0, 0.05) is 25.7 Å². The Balaban J connectivity index is 1.71. The SMILES string of the molecule is CCCN(CCOc1ccccc1)C1CNC1. The van der Waals surface area contributed by atoms with Gasteiger partial charge >= 0.3 is 0 Å². The first-order valence-corrected chi connectivity index (χ1v) is 6.52. The summed E-state index contributed by atoms with van der Waals surface area (Å²) in [5, 5.41) is 3.33. The van der Waals surface area contributed by atoms with Crippen molar-refractivity contribution in [2.75, 3.05) is 32.8 Å². The number of rotatable bonds is 7. The first kappa shape index (κ1) is 12.4. The lowest BCUT2D eigenvalue weighted by atomic mass is 10.1. The second kappa shape index (κ2) is 6.62. The van der Waals surface area contributed by atoms with Crippen LogP contribution in [0.1, 0.15) is 13.3 Å². The first-order valence-electron chi connectivity index (χ1n) is 6.52. The molecule has 1 aromatic rings. The fourth-order valence-corrected chi connectivity index (χ4v) is 2.09. The highest BCUT2D eigenvalue weighted by atomic mass is 16.5. The van der Waals surface area contributed by atoms with Gasteiger partial charge in [-0.05, 0) is 25.1 Å². The zero-order valence-corrected chi connectivity index (χ0v) is 10.6. The van der Waals surface area contributed by atoms with Crippen molar-refractivity contribution in [1.82, 2.24) is 10.2 Å². The van der Waals surface area contributed by atoms with Gasteiger partial charge in [0.2, 0.25) is 0 Å². The van der Waals surface area contributed by atoms with Crippen LogP contribution in [0.3, 0.4) is 0 Å². The van der Waals surface area contributed by atoms with E-state index in [4.69, 9.17) is 4.74 Å². The van der Waals surface area contributed by atoms with E-state index in [1.54, 1.807) is 0 Å². The quantitative estimate of drug-likeness (QED) is 0.778. The van der Waals surface area contributed by atoms with Crippen molar-refractivity contribution in [2.45, 2.75) is 19.4 Å². The summed E-state index contributed by atoms with van der Waals surface area (Å²) in [4.78, 5) is 2.53. The summed E-state index contributed by atoms with van der Waals surface area (Å²) in [5.74, 6) is 0.968. The number of benzene rings is 1. The molecule has 1 saturated heterocycles.